The number of anilines is 1. The Kier molecular flexibility index (Phi) is 7.01. The molecule has 37 heavy (non-hydrogen) atoms. The molecule has 1 unspecified atom stereocenters. The second-order valence-electron chi connectivity index (χ2n) is 8.95. The molecule has 8 heteroatoms. The number of hydrogen-bond acceptors (Lipinski definition) is 8. The van der Waals surface area contributed by atoms with Crippen LogP contribution in [0.3, 0.4) is 0 Å². The first-order chi connectivity index (χ1) is 18.1. The Morgan fingerprint density at radius 1 is 0.919 bits per heavy atom. The van der Waals surface area contributed by atoms with Crippen molar-refractivity contribution >= 4 is 17.6 Å². The Hall–Kier alpha value is -4.04. The highest BCUT2D eigenvalue weighted by Gasteiger charge is 2.53. The summed E-state index contributed by atoms with van der Waals surface area (Å²) in [6.07, 6.45) is 3.05. The maximum Gasteiger partial charge on any atom is 0.340 e. The maximum absolute atomic E-state index is 13.0. The van der Waals surface area contributed by atoms with E-state index in [2.05, 4.69) is 10.1 Å². The van der Waals surface area contributed by atoms with E-state index in [0.717, 1.165) is 48.2 Å². The molecular weight excluding hydrogens is 474 g/mol. The van der Waals surface area contributed by atoms with Crippen LogP contribution >= 0.6 is 0 Å². The van der Waals surface area contributed by atoms with Crippen LogP contribution in [0.1, 0.15) is 52.7 Å². The van der Waals surface area contributed by atoms with Crippen molar-refractivity contribution in [1.29, 1.82) is 0 Å². The number of carbonyl (C=O) groups excluding carboxylic acids is 2. The number of methoxy groups -OCH3 is 2. The molecule has 0 radical (unpaired) electrons. The molecule has 2 aliphatic rings. The molecule has 8 nitrogen and oxygen atoms in total. The van der Waals surface area contributed by atoms with Crippen LogP contribution < -0.4 is 14.8 Å². The molecule has 1 N–H and O–H groups in total. The summed E-state index contributed by atoms with van der Waals surface area (Å²) in [6.45, 7) is 0.848. The van der Waals surface area contributed by atoms with Crippen LogP contribution in [0.25, 0.3) is 0 Å². The van der Waals surface area contributed by atoms with Gasteiger partial charge in [0, 0.05) is 54.6 Å². The summed E-state index contributed by atoms with van der Waals surface area (Å²) in [4.78, 5) is 24.2. The van der Waals surface area contributed by atoms with Gasteiger partial charge in [-0.15, -0.1) is 0 Å². The van der Waals surface area contributed by atoms with Crippen LogP contribution in [0.4, 0.5) is 5.69 Å². The third-order valence-corrected chi connectivity index (χ3v) is 6.64. The van der Waals surface area contributed by atoms with Gasteiger partial charge >= 0.3 is 11.9 Å². The number of carbonyl (C=O) groups is 2. The van der Waals surface area contributed by atoms with Gasteiger partial charge in [0.1, 0.15) is 17.2 Å². The minimum Gasteiger partial charge on any atom is -0.469 e. The van der Waals surface area contributed by atoms with Crippen LogP contribution in [0, 0.1) is 0 Å². The van der Waals surface area contributed by atoms with Crippen molar-refractivity contribution in [2.45, 2.75) is 31.3 Å². The molecule has 0 bridgehead atoms. The van der Waals surface area contributed by atoms with Crippen molar-refractivity contribution in [3.63, 3.8) is 0 Å². The van der Waals surface area contributed by atoms with Gasteiger partial charge in [0.2, 0.25) is 0 Å². The number of benzene rings is 3. The summed E-state index contributed by atoms with van der Waals surface area (Å²) in [6, 6.07) is 18.8. The molecule has 0 saturated carbocycles. The second kappa shape index (κ2) is 10.5. The fourth-order valence-corrected chi connectivity index (χ4v) is 4.89. The number of hydrogen-bond donors (Lipinski definition) is 1. The van der Waals surface area contributed by atoms with Crippen molar-refractivity contribution < 1.29 is 33.3 Å². The number of rotatable bonds is 10. The zero-order chi connectivity index (χ0) is 25.8. The third-order valence-electron chi connectivity index (χ3n) is 6.64. The number of unbranched alkanes of at least 4 members (excludes halogenated alkanes) is 2. The van der Waals surface area contributed by atoms with Gasteiger partial charge in [-0.1, -0.05) is 24.6 Å². The Bertz CT molecular complexity index is 1320. The Balaban J connectivity index is 1.44. The quantitative estimate of drug-likeness (QED) is 0.224. The van der Waals surface area contributed by atoms with Gasteiger partial charge < -0.3 is 29.0 Å². The van der Waals surface area contributed by atoms with Crippen molar-refractivity contribution in [3.05, 3.63) is 82.9 Å². The minimum absolute atomic E-state index is 0.103. The predicted molar refractivity (Wildman–Crippen MR) is 136 cm³/mol. The molecule has 192 valence electrons. The van der Waals surface area contributed by atoms with E-state index in [1.54, 1.807) is 19.2 Å². The minimum atomic E-state index is -1.12. The molecule has 3 aromatic carbocycles. The molecule has 0 saturated heterocycles. The fraction of sp³-hybridized carbons (Fsp3) is 0.310. The van der Waals surface area contributed by atoms with Crippen molar-refractivity contribution in [3.8, 4) is 17.2 Å². The topological polar surface area (TPSA) is 92.3 Å². The van der Waals surface area contributed by atoms with E-state index in [0.29, 0.717) is 29.2 Å². The molecule has 1 atom stereocenters. The van der Waals surface area contributed by atoms with Crippen LogP contribution in [0.2, 0.25) is 0 Å². The van der Waals surface area contributed by atoms with E-state index in [-0.39, 0.29) is 18.7 Å². The lowest BCUT2D eigenvalue weighted by Crippen LogP contribution is -2.33. The van der Waals surface area contributed by atoms with E-state index < -0.39 is 5.60 Å². The molecule has 0 fully saturated rings. The number of ether oxygens (including phenoxy) is 5. The zero-order valence-electron chi connectivity index (χ0n) is 20.9. The first-order valence-corrected chi connectivity index (χ1v) is 12.3. The summed E-state index contributed by atoms with van der Waals surface area (Å²) >= 11 is 0. The van der Waals surface area contributed by atoms with E-state index >= 15 is 0 Å². The number of nitrogens with one attached hydrogen (secondary N) is 1. The number of fused-ring (bicyclic) bond motifs is 6. The summed E-state index contributed by atoms with van der Waals surface area (Å²) in [5, 5.41) is 3.42. The molecule has 3 aromatic rings. The lowest BCUT2D eigenvalue weighted by Gasteiger charge is -2.36. The average Bonchev–Trinajstić information content (AvgIpc) is 3.21. The first kappa shape index (κ1) is 24.6. The zero-order valence-corrected chi connectivity index (χ0v) is 20.9. The van der Waals surface area contributed by atoms with Crippen molar-refractivity contribution in [2.75, 3.05) is 32.9 Å². The molecule has 0 aliphatic carbocycles. The largest absolute Gasteiger partial charge is 0.469 e. The molecular formula is C29H29NO7. The maximum atomic E-state index is 13.0. The van der Waals surface area contributed by atoms with Gasteiger partial charge in [-0.25, -0.2) is 4.79 Å². The Labute approximate surface area is 215 Å². The monoisotopic (exact) mass is 503 g/mol. The van der Waals surface area contributed by atoms with E-state index in [4.69, 9.17) is 18.9 Å². The molecule has 0 aromatic heterocycles. The number of esters is 2. The molecule has 2 aliphatic heterocycles. The standard InChI is InChI=1S/C29H29NO7/c1-33-18-35-20-12-14-24-26(17-20)36-25-16-19(30-15-7-3-4-10-27(31)34-2)11-13-23(25)29(24)22-9-6-5-8-21(22)28(32)37-29/h5-6,8-9,11-14,16-17,30H,3-4,7,10,15,18H2,1-2H3. The second-order valence-corrected chi connectivity index (χ2v) is 8.95. The molecule has 1 spiro atoms. The summed E-state index contributed by atoms with van der Waals surface area (Å²) in [7, 11) is 2.96. The van der Waals surface area contributed by atoms with Crippen molar-refractivity contribution in [1.82, 2.24) is 0 Å². The van der Waals surface area contributed by atoms with Gasteiger partial charge in [0.05, 0.1) is 12.7 Å². The van der Waals surface area contributed by atoms with Gasteiger partial charge in [-0.05, 0) is 43.2 Å². The summed E-state index contributed by atoms with van der Waals surface area (Å²) in [5.74, 6) is 1.17. The Morgan fingerprint density at radius 3 is 2.51 bits per heavy atom. The van der Waals surface area contributed by atoms with Crippen LogP contribution in [-0.4, -0.2) is 39.5 Å². The predicted octanol–water partition coefficient (Wildman–Crippen LogP) is 5.38. The highest BCUT2D eigenvalue weighted by molar-refractivity contribution is 5.97. The van der Waals surface area contributed by atoms with Crippen LogP contribution in [0.5, 0.6) is 17.2 Å². The SMILES string of the molecule is COCOc1ccc2c(c1)Oc1cc(NCCCCCC(=O)OC)ccc1C21OC(=O)c2ccccc21. The highest BCUT2D eigenvalue weighted by Crippen LogP contribution is 2.56. The van der Waals surface area contributed by atoms with Crippen molar-refractivity contribution in [2.24, 2.45) is 0 Å². The van der Waals surface area contributed by atoms with Gasteiger partial charge in [0.25, 0.3) is 0 Å². The van der Waals surface area contributed by atoms with Crippen LogP contribution in [-0.2, 0) is 24.6 Å². The molecule has 2 heterocycles. The molecule has 5 rings (SSSR count). The highest BCUT2D eigenvalue weighted by atomic mass is 16.7. The van der Waals surface area contributed by atoms with Gasteiger partial charge in [-0.3, -0.25) is 4.79 Å². The molecule has 0 amide bonds. The van der Waals surface area contributed by atoms with E-state index in [1.807, 2.05) is 48.5 Å². The van der Waals surface area contributed by atoms with Crippen LogP contribution in [0.15, 0.2) is 60.7 Å². The van der Waals surface area contributed by atoms with E-state index in [1.165, 1.54) is 7.11 Å². The first-order valence-electron chi connectivity index (χ1n) is 12.3. The normalized spacial score (nSPS) is 16.8. The summed E-state index contributed by atoms with van der Waals surface area (Å²) in [5.41, 5.74) is 2.57. The lowest BCUT2D eigenvalue weighted by molar-refractivity contribution is -0.140. The van der Waals surface area contributed by atoms with Gasteiger partial charge in [0.15, 0.2) is 12.4 Å². The summed E-state index contributed by atoms with van der Waals surface area (Å²) < 4.78 is 27.9. The fourth-order valence-electron chi connectivity index (χ4n) is 4.89. The van der Waals surface area contributed by atoms with Gasteiger partial charge in [-0.2, -0.15) is 0 Å². The lowest BCUT2D eigenvalue weighted by atomic mass is 9.77. The smallest absolute Gasteiger partial charge is 0.340 e. The van der Waals surface area contributed by atoms with E-state index in [9.17, 15) is 9.59 Å². The third kappa shape index (κ3) is 4.60. The average molecular weight is 504 g/mol. The Morgan fingerprint density at radius 2 is 1.70 bits per heavy atom.